The lowest BCUT2D eigenvalue weighted by atomic mass is 9.75. The first-order valence-electron chi connectivity index (χ1n) is 11.2. The Hall–Kier alpha value is -2.18. The van der Waals surface area contributed by atoms with Crippen molar-refractivity contribution in [3.63, 3.8) is 0 Å². The fourth-order valence-corrected chi connectivity index (χ4v) is 5.40. The first-order valence-corrected chi connectivity index (χ1v) is 12.1. The number of hydrogen-bond donors (Lipinski definition) is 2. The Balaban J connectivity index is 1.53. The van der Waals surface area contributed by atoms with Gasteiger partial charge in [-0.2, -0.15) is 0 Å². The molecule has 1 aromatic heterocycles. The molecule has 3 aromatic rings. The molecule has 2 heterocycles. The summed E-state index contributed by atoms with van der Waals surface area (Å²) >= 11 is 1.60. The van der Waals surface area contributed by atoms with Crippen molar-refractivity contribution in [1.82, 2.24) is 0 Å². The largest absolute Gasteiger partial charge is 0.488 e. The molecule has 0 unspecified atom stereocenters. The summed E-state index contributed by atoms with van der Waals surface area (Å²) in [5.41, 5.74) is 0.965. The maximum atomic E-state index is 12.1. The van der Waals surface area contributed by atoms with E-state index in [0.29, 0.717) is 6.61 Å². The maximum absolute atomic E-state index is 12.1. The second-order valence-electron chi connectivity index (χ2n) is 8.10. The van der Waals surface area contributed by atoms with E-state index in [1.165, 1.54) is 4.90 Å². The van der Waals surface area contributed by atoms with Gasteiger partial charge >= 0.3 is 0 Å². The predicted molar refractivity (Wildman–Crippen MR) is 125 cm³/mol. The summed E-state index contributed by atoms with van der Waals surface area (Å²) in [7, 11) is 0. The molecule has 2 atom stereocenters. The molecule has 1 fully saturated rings. The molecule has 31 heavy (non-hydrogen) atoms. The molecular weight excluding hydrogens is 406 g/mol. The van der Waals surface area contributed by atoms with Crippen molar-refractivity contribution in [3.05, 3.63) is 88.1 Å². The summed E-state index contributed by atoms with van der Waals surface area (Å²) in [6.45, 7) is 7.59. The average Bonchev–Trinajstić information content (AvgIpc) is 3.37. The molecule has 1 aliphatic heterocycles. The Labute approximate surface area is 189 Å². The van der Waals surface area contributed by atoms with Crippen molar-refractivity contribution >= 4 is 11.3 Å². The highest BCUT2D eigenvalue weighted by atomic mass is 32.1. The van der Waals surface area contributed by atoms with Crippen LogP contribution in [0.15, 0.2) is 72.1 Å². The van der Waals surface area contributed by atoms with Crippen molar-refractivity contribution in [1.29, 1.82) is 0 Å². The molecule has 0 spiro atoms. The number of benzene rings is 2. The predicted octanol–water partition coefficient (Wildman–Crippen LogP) is 3.47. The third kappa shape index (κ3) is 5.01. The van der Waals surface area contributed by atoms with Crippen molar-refractivity contribution in [2.24, 2.45) is 0 Å². The van der Waals surface area contributed by atoms with Crippen molar-refractivity contribution < 1.29 is 19.5 Å². The molecule has 2 N–H and O–H groups in total. The highest BCUT2D eigenvalue weighted by Crippen LogP contribution is 2.46. The first-order chi connectivity index (χ1) is 15.2. The van der Waals surface area contributed by atoms with Crippen LogP contribution in [0.5, 0.6) is 5.75 Å². The molecule has 1 saturated heterocycles. The van der Waals surface area contributed by atoms with Gasteiger partial charge in [0.05, 0.1) is 13.2 Å². The fourth-order valence-electron chi connectivity index (χ4n) is 4.50. The zero-order valence-corrected chi connectivity index (χ0v) is 18.9. The van der Waals surface area contributed by atoms with Gasteiger partial charge in [-0.3, -0.25) is 0 Å². The summed E-state index contributed by atoms with van der Waals surface area (Å²) in [5.74, 6) is 0.807. The average molecular weight is 439 g/mol. The fraction of sp³-hybridized carbons (Fsp3) is 0.385. The SMILES string of the molecule is CC[C@H](c1ccccc1)[C@@](O)(c1ccc(OCC[NH+]2CCOCC2)cc1)c1cccs1. The van der Waals surface area contributed by atoms with E-state index in [1.807, 2.05) is 60.0 Å². The summed E-state index contributed by atoms with van der Waals surface area (Å²) in [6, 6.07) is 22.4. The van der Waals surface area contributed by atoms with Gasteiger partial charge in [0.15, 0.2) is 0 Å². The molecule has 1 aliphatic rings. The highest BCUT2D eigenvalue weighted by Gasteiger charge is 2.41. The number of aliphatic hydroxyl groups is 1. The lowest BCUT2D eigenvalue weighted by Crippen LogP contribution is -3.14. The Morgan fingerprint density at radius 3 is 2.42 bits per heavy atom. The van der Waals surface area contributed by atoms with Gasteiger partial charge < -0.3 is 19.5 Å². The lowest BCUT2D eigenvalue weighted by Gasteiger charge is -2.36. The number of rotatable bonds is 9. The zero-order chi connectivity index (χ0) is 21.5. The molecule has 164 valence electrons. The number of hydrogen-bond acceptors (Lipinski definition) is 4. The molecule has 0 aliphatic carbocycles. The number of nitrogens with one attached hydrogen (secondary N) is 1. The van der Waals surface area contributed by atoms with E-state index in [4.69, 9.17) is 9.47 Å². The second-order valence-corrected chi connectivity index (χ2v) is 9.05. The monoisotopic (exact) mass is 438 g/mol. The van der Waals surface area contributed by atoms with Gasteiger partial charge in [-0.1, -0.05) is 55.5 Å². The molecule has 5 heteroatoms. The number of morpholine rings is 1. The van der Waals surface area contributed by atoms with Crippen LogP contribution in [0.4, 0.5) is 0 Å². The van der Waals surface area contributed by atoms with Crippen molar-refractivity contribution in [2.75, 3.05) is 39.5 Å². The molecule has 4 rings (SSSR count). The summed E-state index contributed by atoms with van der Waals surface area (Å²) in [6.07, 6.45) is 0.832. The summed E-state index contributed by atoms with van der Waals surface area (Å²) < 4.78 is 11.4. The van der Waals surface area contributed by atoms with Crippen LogP contribution in [0.2, 0.25) is 0 Å². The van der Waals surface area contributed by atoms with Gasteiger partial charge in [0.2, 0.25) is 0 Å². The minimum atomic E-state index is -1.08. The highest BCUT2D eigenvalue weighted by molar-refractivity contribution is 7.10. The third-order valence-corrected chi connectivity index (χ3v) is 7.22. The molecular formula is C26H32NO3S+. The van der Waals surface area contributed by atoms with Crippen molar-refractivity contribution in [3.8, 4) is 5.75 Å². The number of quaternary nitrogens is 1. The van der Waals surface area contributed by atoms with Gasteiger partial charge in [0.25, 0.3) is 0 Å². The lowest BCUT2D eigenvalue weighted by molar-refractivity contribution is -0.908. The molecule has 0 bridgehead atoms. The Morgan fingerprint density at radius 2 is 1.77 bits per heavy atom. The van der Waals surface area contributed by atoms with Gasteiger partial charge in [-0.25, -0.2) is 0 Å². The first kappa shape index (κ1) is 22.0. The van der Waals surface area contributed by atoms with Crippen LogP contribution in [0.1, 0.15) is 35.3 Å². The Bertz CT molecular complexity index is 908. The van der Waals surface area contributed by atoms with E-state index in [9.17, 15) is 5.11 Å². The van der Waals surface area contributed by atoms with E-state index in [2.05, 4.69) is 19.1 Å². The minimum absolute atomic E-state index is 0.0379. The van der Waals surface area contributed by atoms with Crippen LogP contribution in [0.3, 0.4) is 0 Å². The second kappa shape index (κ2) is 10.4. The summed E-state index contributed by atoms with van der Waals surface area (Å²) in [4.78, 5) is 2.50. The Kier molecular flexibility index (Phi) is 7.41. The van der Waals surface area contributed by atoms with Gasteiger partial charge in [0.1, 0.15) is 37.6 Å². The number of ether oxygens (including phenoxy) is 2. The van der Waals surface area contributed by atoms with Crippen LogP contribution in [-0.2, 0) is 10.3 Å². The molecule has 4 nitrogen and oxygen atoms in total. The van der Waals surface area contributed by atoms with E-state index in [-0.39, 0.29) is 5.92 Å². The quantitative estimate of drug-likeness (QED) is 0.538. The topological polar surface area (TPSA) is 43.1 Å². The normalized spacial score (nSPS) is 17.7. The van der Waals surface area contributed by atoms with Gasteiger partial charge in [-0.15, -0.1) is 11.3 Å². The number of thiophene rings is 1. The smallest absolute Gasteiger partial charge is 0.137 e. The molecule has 2 aromatic carbocycles. The standard InChI is InChI=1S/C26H31NO3S/c1-2-24(21-7-4-3-5-8-21)26(28,25-9-6-20-31-25)22-10-12-23(13-11-22)30-19-16-27-14-17-29-18-15-27/h3-13,20,24,28H,2,14-19H2,1H3/p+1/t24-,26+/m1/s1. The van der Waals surface area contributed by atoms with Gasteiger partial charge in [-0.05, 0) is 41.1 Å². The van der Waals surface area contributed by atoms with Crippen molar-refractivity contribution in [2.45, 2.75) is 24.9 Å². The van der Waals surface area contributed by atoms with Crippen LogP contribution in [0.25, 0.3) is 0 Å². The van der Waals surface area contributed by atoms with E-state index in [0.717, 1.165) is 61.0 Å². The van der Waals surface area contributed by atoms with E-state index in [1.54, 1.807) is 11.3 Å². The maximum Gasteiger partial charge on any atom is 0.137 e. The van der Waals surface area contributed by atoms with Crippen LogP contribution < -0.4 is 9.64 Å². The zero-order valence-electron chi connectivity index (χ0n) is 18.1. The summed E-state index contributed by atoms with van der Waals surface area (Å²) in [5, 5.41) is 14.2. The van der Waals surface area contributed by atoms with Crippen LogP contribution >= 0.6 is 11.3 Å². The Morgan fingerprint density at radius 1 is 1.03 bits per heavy atom. The van der Waals surface area contributed by atoms with Gasteiger partial charge in [0, 0.05) is 10.8 Å². The van der Waals surface area contributed by atoms with E-state index >= 15 is 0 Å². The van der Waals surface area contributed by atoms with E-state index < -0.39 is 5.60 Å². The minimum Gasteiger partial charge on any atom is -0.488 e. The van der Waals surface area contributed by atoms with Crippen LogP contribution in [0, 0.1) is 0 Å². The molecule has 0 saturated carbocycles. The molecule has 0 amide bonds. The third-order valence-electron chi connectivity index (χ3n) is 6.23. The molecule has 0 radical (unpaired) electrons. The van der Waals surface area contributed by atoms with Crippen LogP contribution in [-0.4, -0.2) is 44.6 Å².